The molecule has 0 spiro atoms. The molecule has 14 heteroatoms. The van der Waals surface area contributed by atoms with Crippen LogP contribution in [0.5, 0.6) is 0 Å². The Labute approximate surface area is 741 Å². The van der Waals surface area contributed by atoms with Crippen molar-refractivity contribution < 1.29 is 80.4 Å². The van der Waals surface area contributed by atoms with E-state index in [0.29, 0.717) is 0 Å². The molecular formula is C104H80Ir4N8Si2-4. The molecule has 0 fully saturated rings. The molecule has 118 heavy (non-hydrogen) atoms. The van der Waals surface area contributed by atoms with E-state index < -0.39 is 16.1 Å². The Hall–Kier alpha value is -10.3. The smallest absolute Gasteiger partial charge is 0.174 e. The van der Waals surface area contributed by atoms with Gasteiger partial charge in [0, 0.05) is 153 Å². The van der Waals surface area contributed by atoms with E-state index in [4.69, 9.17) is 19.9 Å². The number of aryl methyl sites for hydroxylation is 8. The van der Waals surface area contributed by atoms with Crippen LogP contribution in [-0.2, 0) is 117 Å². The van der Waals surface area contributed by atoms with E-state index >= 15 is 0 Å². The van der Waals surface area contributed by atoms with E-state index in [9.17, 15) is 0 Å². The van der Waals surface area contributed by atoms with Crippen LogP contribution in [0.3, 0.4) is 0 Å². The average molecular weight is 2270 g/mol. The number of imidazole rings is 4. The van der Waals surface area contributed by atoms with Crippen molar-refractivity contribution in [3.8, 4) is 11.1 Å². The summed E-state index contributed by atoms with van der Waals surface area (Å²) >= 11 is 0. The van der Waals surface area contributed by atoms with Gasteiger partial charge in [-0.2, -0.15) is 0 Å². The van der Waals surface area contributed by atoms with Crippen molar-refractivity contribution in [3.63, 3.8) is 0 Å². The maximum atomic E-state index is 5.21. The van der Waals surface area contributed by atoms with Crippen LogP contribution in [0, 0.1) is 65.8 Å². The Bertz CT molecular complexity index is 7540. The standard InChI is InChI=1S/2C29H21N2Si.C26H21N2.C20H17N2.4Ir/c1-20-29-31-27-21(11-10-18-25(27)24-16-8-9-17-26(24)28(31)30-20)19-32(29,22-12-4-2-5-13-22)23-14-6-3-7-15-23;1-20-26-19-32(21-11-4-2-5-12-21,22-13-6-3-7-14-22)27-18-10-17-24-23-15-8-9-16-25(23)29(30-20)31(26)28(24)27;1-15-7-6-8-16(2)24(15)19-13-18-11-12-23-17(3)27-26-21-10-5-4-9-20(21)22(14-19)25(18)28(23)26;1-12-18-20(2,3)11-13-7-6-10-15-14-8-4-5-9-16(14)19(21-12)22(18)17(13)15;;;;/h2-16,18H,19H2,1H3;2-15,17-18H,19H2,1H3;4-9,13-14H,11-12H2,1-3H3;4-8,10H,11H2,1-3H3;;;;/q4*-1;;;;. The summed E-state index contributed by atoms with van der Waals surface area (Å²) in [6.45, 7) is 17.7. The molecule has 25 rings (SSSR count). The third kappa shape index (κ3) is 11.6. The van der Waals surface area contributed by atoms with Gasteiger partial charge in [-0.3, -0.25) is 19.9 Å². The van der Waals surface area contributed by atoms with Gasteiger partial charge in [0.05, 0.1) is 22.6 Å². The molecule has 584 valence electrons. The predicted octanol–water partition coefficient (Wildman–Crippen LogP) is 19.3. The third-order valence-corrected chi connectivity index (χ3v) is 35.5. The van der Waals surface area contributed by atoms with Crippen molar-refractivity contribution in [1.82, 2.24) is 37.5 Å². The molecule has 12 heterocycles. The van der Waals surface area contributed by atoms with Gasteiger partial charge in [-0.15, -0.1) is 119 Å². The van der Waals surface area contributed by atoms with Crippen molar-refractivity contribution in [2.45, 2.75) is 92.2 Å². The Morgan fingerprint density at radius 1 is 0.322 bits per heavy atom. The number of hydrogen-bond donors (Lipinski definition) is 0. The molecule has 13 aromatic carbocycles. The van der Waals surface area contributed by atoms with Crippen molar-refractivity contribution in [2.24, 2.45) is 0 Å². The monoisotopic (exact) mass is 2270 g/mol. The van der Waals surface area contributed by atoms with Crippen molar-refractivity contribution in [1.29, 1.82) is 0 Å². The summed E-state index contributed by atoms with van der Waals surface area (Å²) in [5, 5.41) is 23.3. The summed E-state index contributed by atoms with van der Waals surface area (Å²) in [7, 11) is -4.67. The number of aromatic nitrogens is 8. The number of benzene rings is 13. The summed E-state index contributed by atoms with van der Waals surface area (Å²) < 4.78 is 9.73. The molecule has 4 radical (unpaired) electrons. The fourth-order valence-electron chi connectivity index (χ4n) is 21.2. The second-order valence-electron chi connectivity index (χ2n) is 32.7. The number of fused-ring (bicyclic) bond motifs is 12. The molecule has 21 aromatic rings. The van der Waals surface area contributed by atoms with E-state index in [1.165, 1.54) is 152 Å². The second-order valence-corrected chi connectivity index (χ2v) is 40.3. The molecule has 0 saturated carbocycles. The van der Waals surface area contributed by atoms with Crippen LogP contribution in [0.15, 0.2) is 279 Å². The van der Waals surface area contributed by atoms with Gasteiger partial charge in [0.1, 0.15) is 0 Å². The van der Waals surface area contributed by atoms with Gasteiger partial charge in [0.2, 0.25) is 0 Å². The van der Waals surface area contributed by atoms with E-state index in [0.717, 1.165) is 98.3 Å². The first-order chi connectivity index (χ1) is 55.8. The first-order valence-electron chi connectivity index (χ1n) is 40.1. The Balaban J connectivity index is 0.000000108. The number of nitrogens with zero attached hydrogens (tertiary/aromatic N) is 8. The number of para-hydroxylation sites is 3. The predicted molar refractivity (Wildman–Crippen MR) is 477 cm³/mol. The number of hydrogen-bond acceptors (Lipinski definition) is 4. The van der Waals surface area contributed by atoms with Gasteiger partial charge in [0.15, 0.2) is 16.1 Å². The molecule has 0 amide bonds. The van der Waals surface area contributed by atoms with Crippen molar-refractivity contribution in [2.75, 3.05) is 0 Å². The fourth-order valence-corrected chi connectivity index (χ4v) is 31.4. The topological polar surface area (TPSA) is 69.2 Å². The molecule has 0 bridgehead atoms. The van der Waals surface area contributed by atoms with Gasteiger partial charge in [0.25, 0.3) is 0 Å². The van der Waals surface area contributed by atoms with Gasteiger partial charge < -0.3 is 17.6 Å². The molecule has 0 aliphatic carbocycles. The first kappa shape index (κ1) is 78.9. The summed E-state index contributed by atoms with van der Waals surface area (Å²) in [4.78, 5) is 20.2. The molecule has 0 unspecified atom stereocenters. The van der Waals surface area contributed by atoms with Crippen LogP contribution in [0.1, 0.15) is 81.5 Å². The van der Waals surface area contributed by atoms with Gasteiger partial charge in [-0.1, -0.05) is 236 Å². The van der Waals surface area contributed by atoms with Crippen LogP contribution in [0.4, 0.5) is 0 Å². The molecule has 0 atom stereocenters. The van der Waals surface area contributed by atoms with Gasteiger partial charge >= 0.3 is 0 Å². The largest absolute Gasteiger partial charge is 0.340 e. The van der Waals surface area contributed by atoms with Crippen molar-refractivity contribution in [3.05, 3.63) is 371 Å². The first-order valence-corrected chi connectivity index (χ1v) is 44.5. The molecule has 4 aliphatic rings. The summed E-state index contributed by atoms with van der Waals surface area (Å²) in [5.74, 6) is 0. The second kappa shape index (κ2) is 30.2. The fraction of sp³-hybridized carbons (Fsp3) is 0.135. The van der Waals surface area contributed by atoms with Crippen LogP contribution >= 0.6 is 0 Å². The van der Waals surface area contributed by atoms with Crippen LogP contribution in [0.2, 0.25) is 0 Å². The summed E-state index contributed by atoms with van der Waals surface area (Å²) in [5.41, 5.74) is 27.8. The van der Waals surface area contributed by atoms with Crippen LogP contribution < -0.4 is 31.3 Å². The Morgan fingerprint density at radius 2 is 0.720 bits per heavy atom. The van der Waals surface area contributed by atoms with Gasteiger partial charge in [-0.05, 0) is 165 Å². The van der Waals surface area contributed by atoms with E-state index in [1.54, 1.807) is 0 Å². The van der Waals surface area contributed by atoms with Crippen LogP contribution in [0.25, 0.3) is 120 Å². The number of pyridine rings is 4. The number of rotatable bonds is 5. The normalized spacial score (nSPS) is 14.0. The van der Waals surface area contributed by atoms with Crippen LogP contribution in [-0.4, -0.2) is 53.7 Å². The van der Waals surface area contributed by atoms with E-state index in [-0.39, 0.29) is 85.8 Å². The average Bonchev–Trinajstić information content (AvgIpc) is 1.42. The SMILES string of the molecule is Cc1cccc(C)c1-c1cc2c3c(c1)c1ccc[c-]c1c1nc(C)c(n13)CC2.Cc1nc2c3[c-]cccc3c3cccc4c3n2c1C(C)(C)C4.Cc1nc2c3[c-]cccc3c3cccc4c3n2c1C[Si]4(c1ccccc1)c1ccccc1.Cc1nc2c3[c-]cccc3c3cccc4c3n2c1[Si](c1ccccc1)(c1ccccc1)C4.[Ir].[Ir].[Ir].[Ir]. The molecule has 0 saturated heterocycles. The molecule has 4 aliphatic heterocycles. The molecular weight excluding hydrogens is 2190 g/mol. The summed E-state index contributed by atoms with van der Waals surface area (Å²) in [6, 6.07) is 118. The van der Waals surface area contributed by atoms with Gasteiger partial charge in [-0.25, -0.2) is 0 Å². The van der Waals surface area contributed by atoms with Crippen molar-refractivity contribution >= 4 is 157 Å². The molecule has 8 aromatic heterocycles. The zero-order valence-electron chi connectivity index (χ0n) is 66.5. The molecule has 8 nitrogen and oxygen atoms in total. The summed E-state index contributed by atoms with van der Waals surface area (Å²) in [6.07, 6.45) is 3.18. The van der Waals surface area contributed by atoms with E-state index in [1.807, 2.05) is 24.3 Å². The third-order valence-electron chi connectivity index (χ3n) is 25.8. The minimum absolute atomic E-state index is 0. The minimum atomic E-state index is -2.35. The maximum Gasteiger partial charge on any atom is 0.174 e. The Kier molecular flexibility index (Phi) is 20.2. The Morgan fingerprint density at radius 3 is 1.25 bits per heavy atom. The zero-order valence-corrected chi connectivity index (χ0v) is 78.1. The zero-order chi connectivity index (χ0) is 76.6. The maximum absolute atomic E-state index is 5.21. The van der Waals surface area contributed by atoms with E-state index in [2.05, 4.69) is 352 Å². The quantitative estimate of drug-likeness (QED) is 0.0978. The molecule has 0 N–H and O–H groups in total. The minimum Gasteiger partial charge on any atom is -0.340 e.